The lowest BCUT2D eigenvalue weighted by Crippen LogP contribution is -2.52. The van der Waals surface area contributed by atoms with Gasteiger partial charge in [-0.2, -0.15) is 20.1 Å². The highest BCUT2D eigenvalue weighted by Crippen LogP contribution is 2.39. The van der Waals surface area contributed by atoms with Crippen molar-refractivity contribution < 1.29 is 9.59 Å². The van der Waals surface area contributed by atoms with E-state index >= 15 is 0 Å². The van der Waals surface area contributed by atoms with Crippen molar-refractivity contribution in [1.82, 2.24) is 44.9 Å². The summed E-state index contributed by atoms with van der Waals surface area (Å²) in [6.07, 6.45) is 9.86. The second kappa shape index (κ2) is 11.5. The number of carbonyl (C=O) groups is 2. The Labute approximate surface area is 244 Å². The highest BCUT2D eigenvalue weighted by molar-refractivity contribution is 5.99. The van der Waals surface area contributed by atoms with Gasteiger partial charge in [0.25, 0.3) is 5.91 Å². The predicted molar refractivity (Wildman–Crippen MR) is 157 cm³/mol. The minimum absolute atomic E-state index is 0.0842. The Bertz CT molecular complexity index is 1390. The number of hydrogen-bond donors (Lipinski definition) is 2. The summed E-state index contributed by atoms with van der Waals surface area (Å²) in [4.78, 5) is 59.1. The third-order valence-electron chi connectivity index (χ3n) is 8.16. The number of aromatic nitrogens is 7. The summed E-state index contributed by atoms with van der Waals surface area (Å²) in [5, 5.41) is 10.2. The number of likely N-dealkylation sites (N-methyl/N-ethyl adjacent to an activating group) is 1. The molecule has 0 spiro atoms. The van der Waals surface area contributed by atoms with Gasteiger partial charge in [0.1, 0.15) is 11.4 Å². The van der Waals surface area contributed by atoms with Gasteiger partial charge in [-0.25, -0.2) is 4.98 Å². The van der Waals surface area contributed by atoms with Gasteiger partial charge in [-0.1, -0.05) is 0 Å². The van der Waals surface area contributed by atoms with Crippen molar-refractivity contribution in [2.45, 2.75) is 44.2 Å². The second-order valence-electron chi connectivity index (χ2n) is 11.4. The number of aromatic amines is 1. The summed E-state index contributed by atoms with van der Waals surface area (Å²) in [6, 6.07) is 2.17. The third kappa shape index (κ3) is 5.68. The van der Waals surface area contributed by atoms with Crippen LogP contribution in [0.25, 0.3) is 0 Å². The van der Waals surface area contributed by atoms with Crippen molar-refractivity contribution in [3.63, 3.8) is 0 Å². The molecule has 42 heavy (non-hydrogen) atoms. The molecular formula is C27H37N13O2. The molecule has 3 aromatic rings. The molecule has 3 aliphatic rings. The van der Waals surface area contributed by atoms with E-state index in [0.29, 0.717) is 69.4 Å². The number of H-pyrrole nitrogens is 1. The molecule has 2 aliphatic heterocycles. The van der Waals surface area contributed by atoms with Gasteiger partial charge in [-0.15, -0.1) is 0 Å². The van der Waals surface area contributed by atoms with E-state index in [0.717, 1.165) is 25.1 Å². The fourth-order valence-electron chi connectivity index (χ4n) is 5.47. The van der Waals surface area contributed by atoms with Gasteiger partial charge in [-0.3, -0.25) is 29.5 Å². The van der Waals surface area contributed by atoms with Crippen molar-refractivity contribution in [2.24, 2.45) is 0 Å². The molecule has 3 fully saturated rings. The van der Waals surface area contributed by atoms with Crippen LogP contribution < -0.4 is 20.0 Å². The van der Waals surface area contributed by atoms with Crippen molar-refractivity contribution >= 4 is 41.3 Å². The van der Waals surface area contributed by atoms with E-state index in [9.17, 15) is 9.59 Å². The summed E-state index contributed by atoms with van der Waals surface area (Å²) in [5.41, 5.74) is -0.892. The Hall–Kier alpha value is -4.40. The minimum Gasteiger partial charge on any atom is -0.348 e. The van der Waals surface area contributed by atoms with Crippen LogP contribution in [-0.2, 0) is 9.59 Å². The van der Waals surface area contributed by atoms with E-state index in [4.69, 9.17) is 15.0 Å². The molecular weight excluding hydrogens is 538 g/mol. The lowest BCUT2D eigenvalue weighted by Gasteiger charge is -2.37. The molecule has 5 heterocycles. The summed E-state index contributed by atoms with van der Waals surface area (Å²) >= 11 is 0. The van der Waals surface area contributed by atoms with Crippen molar-refractivity contribution in [3.8, 4) is 0 Å². The number of nitrogens with zero attached hydrogens (tertiary/aromatic N) is 11. The number of nitrogens with one attached hydrogen (secondary N) is 2. The van der Waals surface area contributed by atoms with Crippen LogP contribution in [0.1, 0.15) is 32.6 Å². The van der Waals surface area contributed by atoms with Gasteiger partial charge in [-0.05, 0) is 32.6 Å². The molecule has 3 aromatic heterocycles. The average molecular weight is 576 g/mol. The number of amides is 2. The van der Waals surface area contributed by atoms with Crippen LogP contribution in [0.2, 0.25) is 0 Å². The Balaban J connectivity index is 1.31. The van der Waals surface area contributed by atoms with E-state index < -0.39 is 5.54 Å². The number of piperazine rings is 1. The molecule has 1 saturated carbocycles. The molecule has 1 unspecified atom stereocenters. The first-order valence-corrected chi connectivity index (χ1v) is 14.4. The van der Waals surface area contributed by atoms with Crippen molar-refractivity contribution in [3.05, 3.63) is 30.9 Å². The molecule has 15 nitrogen and oxygen atoms in total. The maximum atomic E-state index is 13.6. The smallest absolute Gasteiger partial charge is 0.251 e. The maximum Gasteiger partial charge on any atom is 0.251 e. The zero-order valence-corrected chi connectivity index (χ0v) is 24.3. The normalized spacial score (nSPS) is 20.9. The van der Waals surface area contributed by atoms with Crippen LogP contribution >= 0.6 is 0 Å². The standard InChI is InChI=1S/C27H37N13O2/c1-27(23(42)31-20-17-28-10-11-29-20)8-4-12-39(27)25-32-24(38-15-13-37(14-16-38)18-22(41)36(2)3)33-26(34-25)40(19-5-6-19)21-7-9-30-35-21/h7,9-11,17,19H,4-6,8,12-16,18H2,1-3H3,(H,30,35)(H,29,31,42). The summed E-state index contributed by atoms with van der Waals surface area (Å²) in [7, 11) is 3.55. The monoisotopic (exact) mass is 575 g/mol. The van der Waals surface area contributed by atoms with Crippen LogP contribution in [0, 0.1) is 0 Å². The molecule has 1 aliphatic carbocycles. The summed E-state index contributed by atoms with van der Waals surface area (Å²) in [6.45, 7) is 5.69. The molecule has 15 heteroatoms. The highest BCUT2D eigenvalue weighted by Gasteiger charge is 2.46. The first-order valence-electron chi connectivity index (χ1n) is 14.4. The van der Waals surface area contributed by atoms with Crippen LogP contribution in [0.3, 0.4) is 0 Å². The molecule has 2 N–H and O–H groups in total. The van der Waals surface area contributed by atoms with E-state index in [1.165, 1.54) is 6.20 Å². The molecule has 1 atom stereocenters. The first-order chi connectivity index (χ1) is 20.3. The van der Waals surface area contributed by atoms with E-state index in [2.05, 4.69) is 40.2 Å². The molecule has 6 rings (SSSR count). The van der Waals surface area contributed by atoms with Crippen LogP contribution in [0.5, 0.6) is 0 Å². The Morgan fingerprint density at radius 2 is 1.83 bits per heavy atom. The maximum absolute atomic E-state index is 13.6. The zero-order chi connectivity index (χ0) is 29.3. The van der Waals surface area contributed by atoms with Crippen molar-refractivity contribution in [2.75, 3.05) is 73.4 Å². The Kier molecular flexibility index (Phi) is 7.58. The second-order valence-corrected chi connectivity index (χ2v) is 11.4. The summed E-state index contributed by atoms with van der Waals surface area (Å²) < 4.78 is 0. The van der Waals surface area contributed by atoms with E-state index in [-0.39, 0.29) is 17.9 Å². The fraction of sp³-hybridized carbons (Fsp3) is 0.556. The van der Waals surface area contributed by atoms with Gasteiger partial charge in [0.05, 0.1) is 18.9 Å². The number of anilines is 5. The zero-order valence-electron chi connectivity index (χ0n) is 24.3. The predicted octanol–water partition coefficient (Wildman–Crippen LogP) is 0.893. The lowest BCUT2D eigenvalue weighted by atomic mass is 9.98. The van der Waals surface area contributed by atoms with E-state index in [1.54, 1.807) is 37.6 Å². The molecule has 2 amide bonds. The van der Waals surface area contributed by atoms with Gasteiger partial charge < -0.3 is 20.0 Å². The summed E-state index contributed by atoms with van der Waals surface area (Å²) in [5.74, 6) is 2.66. The fourth-order valence-corrected chi connectivity index (χ4v) is 5.47. The van der Waals surface area contributed by atoms with Gasteiger partial charge in [0.15, 0.2) is 5.82 Å². The SMILES string of the molecule is CN(C)C(=O)CN1CCN(c2nc(N(c3ccn[nH]3)C3CC3)nc(N3CCCC3(C)C(=O)Nc3cnccn3)n2)CC1. The highest BCUT2D eigenvalue weighted by atomic mass is 16.2. The number of rotatable bonds is 9. The van der Waals surface area contributed by atoms with Crippen LogP contribution in [-0.4, -0.2) is 122 Å². The van der Waals surface area contributed by atoms with Crippen LogP contribution in [0.4, 0.5) is 29.5 Å². The largest absolute Gasteiger partial charge is 0.348 e. The minimum atomic E-state index is -0.892. The quantitative estimate of drug-likeness (QED) is 0.372. The van der Waals surface area contributed by atoms with Gasteiger partial charge >= 0.3 is 0 Å². The molecule has 0 radical (unpaired) electrons. The average Bonchev–Trinajstić information content (AvgIpc) is 3.50. The molecule has 0 aromatic carbocycles. The number of hydrogen-bond acceptors (Lipinski definition) is 12. The van der Waals surface area contributed by atoms with Crippen LogP contribution in [0.15, 0.2) is 30.9 Å². The molecule has 0 bridgehead atoms. The van der Waals surface area contributed by atoms with Gasteiger partial charge in [0, 0.05) is 71.3 Å². The molecule has 222 valence electrons. The third-order valence-corrected chi connectivity index (χ3v) is 8.16. The van der Waals surface area contributed by atoms with Gasteiger partial charge in [0.2, 0.25) is 23.8 Å². The Morgan fingerprint density at radius 3 is 2.50 bits per heavy atom. The number of carbonyl (C=O) groups excluding carboxylic acids is 2. The van der Waals surface area contributed by atoms with Crippen molar-refractivity contribution in [1.29, 1.82) is 0 Å². The lowest BCUT2D eigenvalue weighted by molar-refractivity contribution is -0.130. The first kappa shape index (κ1) is 27.8. The topological polar surface area (TPSA) is 156 Å². The molecule has 2 saturated heterocycles. The van der Waals surface area contributed by atoms with E-state index in [1.807, 2.05) is 17.9 Å². The Morgan fingerprint density at radius 1 is 1.05 bits per heavy atom.